The maximum Gasteiger partial charge on any atom is 0.257 e. The molecule has 0 saturated carbocycles. The van der Waals surface area contributed by atoms with Crippen molar-refractivity contribution in [2.75, 3.05) is 26.8 Å². The van der Waals surface area contributed by atoms with E-state index in [1.807, 2.05) is 13.8 Å². The van der Waals surface area contributed by atoms with Crippen molar-refractivity contribution in [3.8, 4) is 5.75 Å². The van der Waals surface area contributed by atoms with Crippen molar-refractivity contribution in [1.82, 2.24) is 4.90 Å². The van der Waals surface area contributed by atoms with Crippen LogP contribution in [0.1, 0.15) is 29.8 Å². The molecular formula is C15H23NO4. The summed E-state index contributed by atoms with van der Waals surface area (Å²) >= 11 is 0. The number of rotatable bonds is 7. The van der Waals surface area contributed by atoms with Crippen LogP contribution in [-0.4, -0.2) is 53.9 Å². The molecule has 1 aromatic rings. The van der Waals surface area contributed by atoms with Gasteiger partial charge in [0.05, 0.1) is 25.4 Å². The van der Waals surface area contributed by atoms with Crippen LogP contribution in [0.5, 0.6) is 5.75 Å². The Hall–Kier alpha value is -1.59. The number of aliphatic hydroxyl groups excluding tert-OH is 2. The van der Waals surface area contributed by atoms with Crippen molar-refractivity contribution < 1.29 is 19.7 Å². The first kappa shape index (κ1) is 16.5. The number of carbonyl (C=O) groups is 1. The second kappa shape index (κ2) is 7.87. The average Bonchev–Trinajstić information content (AvgIpc) is 2.47. The lowest BCUT2D eigenvalue weighted by Gasteiger charge is -2.22. The van der Waals surface area contributed by atoms with Crippen LogP contribution in [0.3, 0.4) is 0 Å². The van der Waals surface area contributed by atoms with E-state index >= 15 is 0 Å². The molecule has 0 unspecified atom stereocenters. The maximum absolute atomic E-state index is 12.6. The first-order valence-corrected chi connectivity index (χ1v) is 6.83. The molecule has 1 atom stereocenters. The predicted octanol–water partition coefficient (Wildman–Crippen LogP) is 1.07. The SMILES string of the molecule is CCN(CC)C(=O)c1c(C[C@@H](O)CO)cccc1OC. The Labute approximate surface area is 119 Å². The minimum absolute atomic E-state index is 0.118. The zero-order valence-corrected chi connectivity index (χ0v) is 12.3. The zero-order valence-electron chi connectivity index (χ0n) is 12.3. The minimum atomic E-state index is -0.884. The van der Waals surface area contributed by atoms with Gasteiger partial charge in [0.1, 0.15) is 5.75 Å². The van der Waals surface area contributed by atoms with Gasteiger partial charge in [0.15, 0.2) is 0 Å². The monoisotopic (exact) mass is 281 g/mol. The first-order chi connectivity index (χ1) is 9.58. The van der Waals surface area contributed by atoms with E-state index in [0.717, 1.165) is 0 Å². The number of benzene rings is 1. The fourth-order valence-electron chi connectivity index (χ4n) is 2.15. The zero-order chi connectivity index (χ0) is 15.1. The van der Waals surface area contributed by atoms with Gasteiger partial charge in [-0.3, -0.25) is 4.79 Å². The number of aliphatic hydroxyl groups is 2. The third-order valence-corrected chi connectivity index (χ3v) is 3.26. The smallest absolute Gasteiger partial charge is 0.257 e. The predicted molar refractivity (Wildman–Crippen MR) is 77.0 cm³/mol. The van der Waals surface area contributed by atoms with Crippen LogP contribution in [0, 0.1) is 0 Å². The van der Waals surface area contributed by atoms with Gasteiger partial charge in [-0.1, -0.05) is 12.1 Å². The van der Waals surface area contributed by atoms with Gasteiger partial charge in [-0.2, -0.15) is 0 Å². The molecule has 5 nitrogen and oxygen atoms in total. The second-order valence-corrected chi connectivity index (χ2v) is 4.51. The van der Waals surface area contributed by atoms with Crippen LogP contribution in [-0.2, 0) is 6.42 Å². The van der Waals surface area contributed by atoms with Crippen LogP contribution >= 0.6 is 0 Å². The molecule has 0 aromatic heterocycles. The van der Waals surface area contributed by atoms with Crippen LogP contribution in [0.4, 0.5) is 0 Å². The van der Waals surface area contributed by atoms with E-state index in [0.29, 0.717) is 30.0 Å². The average molecular weight is 281 g/mol. The lowest BCUT2D eigenvalue weighted by molar-refractivity contribution is 0.0762. The Morgan fingerprint density at radius 2 is 2.00 bits per heavy atom. The van der Waals surface area contributed by atoms with Crippen LogP contribution in [0.25, 0.3) is 0 Å². The molecular weight excluding hydrogens is 258 g/mol. The van der Waals surface area contributed by atoms with Gasteiger partial charge >= 0.3 is 0 Å². The topological polar surface area (TPSA) is 70.0 Å². The number of methoxy groups -OCH3 is 1. The quantitative estimate of drug-likeness (QED) is 0.784. The molecule has 0 aliphatic heterocycles. The Morgan fingerprint density at radius 3 is 2.50 bits per heavy atom. The number of hydrogen-bond donors (Lipinski definition) is 2. The number of nitrogens with zero attached hydrogens (tertiary/aromatic N) is 1. The van der Waals surface area contributed by atoms with Gasteiger partial charge < -0.3 is 19.8 Å². The van der Waals surface area contributed by atoms with Crippen molar-refractivity contribution in [3.05, 3.63) is 29.3 Å². The molecule has 0 aliphatic rings. The van der Waals surface area contributed by atoms with Crippen LogP contribution < -0.4 is 4.74 Å². The van der Waals surface area contributed by atoms with Gasteiger partial charge in [-0.05, 0) is 25.5 Å². The molecule has 0 spiro atoms. The van der Waals surface area contributed by atoms with Gasteiger partial charge in [0.2, 0.25) is 0 Å². The normalized spacial score (nSPS) is 12.1. The molecule has 0 bridgehead atoms. The molecule has 0 saturated heterocycles. The molecule has 1 aromatic carbocycles. The molecule has 20 heavy (non-hydrogen) atoms. The highest BCUT2D eigenvalue weighted by Gasteiger charge is 2.22. The van der Waals surface area contributed by atoms with Crippen molar-refractivity contribution in [2.45, 2.75) is 26.4 Å². The summed E-state index contributed by atoms with van der Waals surface area (Å²) in [7, 11) is 1.51. The lowest BCUT2D eigenvalue weighted by Crippen LogP contribution is -2.32. The number of ether oxygens (including phenoxy) is 1. The van der Waals surface area contributed by atoms with Gasteiger partial charge in [0, 0.05) is 19.5 Å². The van der Waals surface area contributed by atoms with Crippen molar-refractivity contribution in [3.63, 3.8) is 0 Å². The highest BCUT2D eigenvalue weighted by molar-refractivity contribution is 5.98. The Morgan fingerprint density at radius 1 is 1.35 bits per heavy atom. The van der Waals surface area contributed by atoms with Crippen LogP contribution in [0.2, 0.25) is 0 Å². The molecule has 1 amide bonds. The van der Waals surface area contributed by atoms with E-state index in [-0.39, 0.29) is 18.9 Å². The standard InChI is InChI=1S/C15H23NO4/c1-4-16(5-2)15(19)14-11(9-12(18)10-17)7-6-8-13(14)20-3/h6-8,12,17-18H,4-5,9-10H2,1-3H3/t12-/m1/s1. The van der Waals surface area contributed by atoms with Gasteiger partial charge in [0.25, 0.3) is 5.91 Å². The van der Waals surface area contributed by atoms with E-state index in [1.165, 1.54) is 7.11 Å². The first-order valence-electron chi connectivity index (χ1n) is 6.83. The van der Waals surface area contributed by atoms with E-state index in [9.17, 15) is 9.90 Å². The van der Waals surface area contributed by atoms with E-state index in [2.05, 4.69) is 0 Å². The van der Waals surface area contributed by atoms with Crippen molar-refractivity contribution in [1.29, 1.82) is 0 Å². The highest BCUT2D eigenvalue weighted by atomic mass is 16.5. The fraction of sp³-hybridized carbons (Fsp3) is 0.533. The summed E-state index contributed by atoms with van der Waals surface area (Å²) in [6.07, 6.45) is -0.666. The number of hydrogen-bond acceptors (Lipinski definition) is 4. The van der Waals surface area contributed by atoms with Gasteiger partial charge in [-0.15, -0.1) is 0 Å². The molecule has 112 valence electrons. The Balaban J connectivity index is 3.22. The van der Waals surface area contributed by atoms with Crippen molar-refractivity contribution >= 4 is 5.91 Å². The third-order valence-electron chi connectivity index (χ3n) is 3.26. The summed E-state index contributed by atoms with van der Waals surface area (Å²) in [5.41, 5.74) is 1.15. The summed E-state index contributed by atoms with van der Waals surface area (Å²) in [6, 6.07) is 5.28. The molecule has 5 heteroatoms. The number of amides is 1. The maximum atomic E-state index is 12.6. The lowest BCUT2D eigenvalue weighted by atomic mass is 9.99. The molecule has 0 aliphatic carbocycles. The summed E-state index contributed by atoms with van der Waals surface area (Å²) in [6.45, 7) is 4.71. The molecule has 2 N–H and O–H groups in total. The van der Waals surface area contributed by atoms with Gasteiger partial charge in [-0.25, -0.2) is 0 Å². The molecule has 1 rings (SSSR count). The minimum Gasteiger partial charge on any atom is -0.496 e. The van der Waals surface area contributed by atoms with E-state index in [4.69, 9.17) is 9.84 Å². The van der Waals surface area contributed by atoms with Crippen molar-refractivity contribution in [2.24, 2.45) is 0 Å². The summed E-state index contributed by atoms with van der Waals surface area (Å²) in [5, 5.41) is 18.6. The largest absolute Gasteiger partial charge is 0.496 e. The second-order valence-electron chi connectivity index (χ2n) is 4.51. The number of carbonyl (C=O) groups excluding carboxylic acids is 1. The summed E-state index contributed by atoms with van der Waals surface area (Å²) < 4.78 is 5.27. The van der Waals surface area contributed by atoms with E-state index in [1.54, 1.807) is 23.1 Å². The molecule has 0 heterocycles. The highest BCUT2D eigenvalue weighted by Crippen LogP contribution is 2.25. The molecule has 0 radical (unpaired) electrons. The summed E-state index contributed by atoms with van der Waals surface area (Å²) in [5.74, 6) is 0.372. The third kappa shape index (κ3) is 3.71. The summed E-state index contributed by atoms with van der Waals surface area (Å²) in [4.78, 5) is 14.3. The fourth-order valence-corrected chi connectivity index (χ4v) is 2.15. The molecule has 0 fully saturated rings. The van der Waals surface area contributed by atoms with Crippen LogP contribution in [0.15, 0.2) is 18.2 Å². The Bertz CT molecular complexity index is 443. The Kier molecular flexibility index (Phi) is 6.48. The van der Waals surface area contributed by atoms with E-state index < -0.39 is 6.10 Å².